The molecule has 212 valence electrons. The van der Waals surface area contributed by atoms with Crippen molar-refractivity contribution in [3.05, 3.63) is 70.1 Å². The average molecular weight is 639 g/mol. The number of rotatable bonds is 9. The summed E-state index contributed by atoms with van der Waals surface area (Å²) in [5, 5.41) is 2.88. The Morgan fingerprint density at radius 1 is 1.15 bits per heavy atom. The zero-order valence-electron chi connectivity index (χ0n) is 21.6. The standard InChI is InChI=1S/C27H26BrF3N4O4S/c1-3-21-33-24(15-9-10-15)25(26(36)32-4-2)35(21)13-18-16-11-12-39-14-19(16)23(28)22(18)17-7-5-6-8-20(17)34-40(37,38)27(29,30)31/h5-8,11-12,14-15,34H,3-4,9-10,13H2,1-2H3,(H,32,36). The molecule has 3 aliphatic rings. The number of fused-ring (bicyclic) bond motifs is 1. The number of hydrogen-bond donors (Lipinski definition) is 2. The van der Waals surface area contributed by atoms with Gasteiger partial charge in [0, 0.05) is 40.0 Å². The second kappa shape index (κ2) is 10.6. The zero-order chi connectivity index (χ0) is 28.8. The molecule has 2 heterocycles. The normalized spacial score (nSPS) is 14.1. The van der Waals surface area contributed by atoms with Crippen LogP contribution in [0.3, 0.4) is 0 Å². The van der Waals surface area contributed by atoms with Crippen molar-refractivity contribution in [2.24, 2.45) is 0 Å². The molecule has 2 N–H and O–H groups in total. The maximum atomic E-state index is 13.3. The van der Waals surface area contributed by atoms with Crippen LogP contribution < -0.4 is 10.0 Å². The zero-order valence-corrected chi connectivity index (χ0v) is 24.0. The highest BCUT2D eigenvalue weighted by Gasteiger charge is 2.46. The summed E-state index contributed by atoms with van der Waals surface area (Å²) in [6.45, 7) is 4.37. The third kappa shape index (κ3) is 5.00. The topological polar surface area (TPSA) is 106 Å². The number of carbonyl (C=O) groups is 1. The van der Waals surface area contributed by atoms with E-state index in [-0.39, 0.29) is 29.6 Å². The molecule has 0 unspecified atom stereocenters. The summed E-state index contributed by atoms with van der Waals surface area (Å²) < 4.78 is 73.4. The number of benzene rings is 1. The summed E-state index contributed by atoms with van der Waals surface area (Å²) in [4.78, 5) is 18.1. The Morgan fingerprint density at radius 2 is 1.88 bits per heavy atom. The molecule has 1 aliphatic heterocycles. The summed E-state index contributed by atoms with van der Waals surface area (Å²) in [5.41, 5.74) is -1.79. The van der Waals surface area contributed by atoms with Crippen molar-refractivity contribution < 1.29 is 30.8 Å². The van der Waals surface area contributed by atoms with Gasteiger partial charge in [0.2, 0.25) is 0 Å². The van der Waals surface area contributed by atoms with E-state index in [0.29, 0.717) is 45.6 Å². The Hall–Kier alpha value is -3.32. The molecule has 2 aromatic rings. The molecule has 1 saturated carbocycles. The average Bonchev–Trinajstić information content (AvgIpc) is 3.63. The fraction of sp³-hybridized carbons (Fsp3) is 0.333. The smallest absolute Gasteiger partial charge is 0.472 e. The highest BCUT2D eigenvalue weighted by molar-refractivity contribution is 9.10. The fourth-order valence-electron chi connectivity index (χ4n) is 4.88. The summed E-state index contributed by atoms with van der Waals surface area (Å²) in [5.74, 6) is 0.649. The SMILES string of the molecule is CCNC(=O)c1c(C2CC2)nc(CC)n1Cc1c2ccocc-2c(Br)c1-c1ccccc1NS(=O)(=O)C(F)(F)F. The Labute approximate surface area is 237 Å². The van der Waals surface area contributed by atoms with Gasteiger partial charge in [-0.15, -0.1) is 0 Å². The van der Waals surface area contributed by atoms with Crippen molar-refractivity contribution in [3.63, 3.8) is 0 Å². The van der Waals surface area contributed by atoms with Gasteiger partial charge in [-0.25, -0.2) is 4.98 Å². The summed E-state index contributed by atoms with van der Waals surface area (Å²) in [6.07, 6.45) is 5.42. The molecule has 1 aromatic heterocycles. The second-order valence-corrected chi connectivity index (χ2v) is 12.0. The van der Waals surface area contributed by atoms with E-state index in [4.69, 9.17) is 9.40 Å². The van der Waals surface area contributed by atoms with Gasteiger partial charge in [-0.2, -0.15) is 21.6 Å². The Bertz CT molecular complexity index is 1660. The van der Waals surface area contributed by atoms with Crippen molar-refractivity contribution in [3.8, 4) is 22.3 Å². The van der Waals surface area contributed by atoms with Gasteiger partial charge in [0.05, 0.1) is 30.5 Å². The van der Waals surface area contributed by atoms with Gasteiger partial charge in [-0.3, -0.25) is 9.52 Å². The predicted octanol–water partition coefficient (Wildman–Crippen LogP) is 6.51. The number of amides is 1. The lowest BCUT2D eigenvalue weighted by molar-refractivity contribution is -0.0429. The number of alkyl halides is 3. The van der Waals surface area contributed by atoms with Gasteiger partial charge < -0.3 is 14.3 Å². The van der Waals surface area contributed by atoms with Crippen molar-refractivity contribution in [2.75, 3.05) is 11.3 Å². The number of carbonyl (C=O) groups excluding carboxylic acids is 1. The van der Waals surface area contributed by atoms with Crippen LogP contribution in [0.1, 0.15) is 60.2 Å². The number of aromatic nitrogens is 2. The number of nitrogens with one attached hydrogen (secondary N) is 2. The third-order valence-electron chi connectivity index (χ3n) is 6.84. The van der Waals surface area contributed by atoms with E-state index in [1.54, 1.807) is 22.9 Å². The van der Waals surface area contributed by atoms with Crippen LogP contribution in [0.4, 0.5) is 18.9 Å². The van der Waals surface area contributed by atoms with E-state index < -0.39 is 15.5 Å². The molecule has 40 heavy (non-hydrogen) atoms. The number of aryl methyl sites for hydroxylation is 1. The van der Waals surface area contributed by atoms with E-state index in [1.165, 1.54) is 24.7 Å². The fourth-order valence-corrected chi connectivity index (χ4v) is 6.23. The van der Waals surface area contributed by atoms with Crippen LogP contribution in [0, 0.1) is 0 Å². The number of sulfonamides is 1. The maximum absolute atomic E-state index is 13.3. The van der Waals surface area contributed by atoms with E-state index in [1.807, 2.05) is 18.4 Å². The molecule has 8 nitrogen and oxygen atoms in total. The first-order valence-corrected chi connectivity index (χ1v) is 15.0. The maximum Gasteiger partial charge on any atom is 0.516 e. The lowest BCUT2D eigenvalue weighted by Gasteiger charge is -2.17. The van der Waals surface area contributed by atoms with Crippen molar-refractivity contribution in [1.29, 1.82) is 0 Å². The minimum absolute atomic E-state index is 0.164. The number of hydrogen-bond acceptors (Lipinski definition) is 5. The Balaban J connectivity index is 1.73. The summed E-state index contributed by atoms with van der Waals surface area (Å²) in [6, 6.07) is 7.61. The van der Waals surface area contributed by atoms with Crippen molar-refractivity contribution in [2.45, 2.75) is 51.1 Å². The molecule has 2 aliphatic carbocycles. The number of para-hydroxylation sites is 1. The van der Waals surface area contributed by atoms with E-state index >= 15 is 0 Å². The summed E-state index contributed by atoms with van der Waals surface area (Å²) in [7, 11) is -5.68. The molecular formula is C27H26BrF3N4O4S. The monoisotopic (exact) mass is 638 g/mol. The van der Waals surface area contributed by atoms with Crippen LogP contribution in [-0.4, -0.2) is 35.9 Å². The van der Waals surface area contributed by atoms with Gasteiger partial charge in [0.25, 0.3) is 5.91 Å². The molecule has 1 amide bonds. The van der Waals surface area contributed by atoms with E-state index in [9.17, 15) is 26.4 Å². The minimum atomic E-state index is -5.68. The lowest BCUT2D eigenvalue weighted by Crippen LogP contribution is -2.30. The summed E-state index contributed by atoms with van der Waals surface area (Å²) >= 11 is 3.59. The molecule has 0 saturated heterocycles. The Morgan fingerprint density at radius 3 is 2.52 bits per heavy atom. The van der Waals surface area contributed by atoms with Crippen LogP contribution in [0.25, 0.3) is 22.3 Å². The van der Waals surface area contributed by atoms with Gasteiger partial charge in [-0.1, -0.05) is 25.1 Å². The largest absolute Gasteiger partial charge is 0.516 e. The van der Waals surface area contributed by atoms with Gasteiger partial charge in [-0.05, 0) is 59.0 Å². The molecule has 0 radical (unpaired) electrons. The van der Waals surface area contributed by atoms with Crippen molar-refractivity contribution >= 4 is 37.5 Å². The second-order valence-electron chi connectivity index (χ2n) is 9.48. The van der Waals surface area contributed by atoms with Gasteiger partial charge >= 0.3 is 15.5 Å². The van der Waals surface area contributed by atoms with E-state index in [2.05, 4.69) is 21.2 Å². The molecule has 5 rings (SSSR count). The quantitative estimate of drug-likeness (QED) is 0.217. The number of nitrogens with zero attached hydrogens (tertiary/aromatic N) is 2. The lowest BCUT2D eigenvalue weighted by atomic mass is 10.0. The molecule has 13 heteroatoms. The molecule has 0 atom stereocenters. The van der Waals surface area contributed by atoms with E-state index in [0.717, 1.165) is 24.1 Å². The van der Waals surface area contributed by atoms with Crippen LogP contribution in [0.15, 0.2) is 51.7 Å². The van der Waals surface area contributed by atoms with Crippen LogP contribution in [0.5, 0.6) is 0 Å². The molecular weight excluding hydrogens is 613 g/mol. The van der Waals surface area contributed by atoms with Crippen molar-refractivity contribution in [1.82, 2.24) is 14.9 Å². The highest BCUT2D eigenvalue weighted by Crippen LogP contribution is 2.49. The van der Waals surface area contributed by atoms with Gasteiger partial charge in [0.15, 0.2) is 0 Å². The van der Waals surface area contributed by atoms with Gasteiger partial charge in [0.1, 0.15) is 11.5 Å². The predicted molar refractivity (Wildman–Crippen MR) is 148 cm³/mol. The van der Waals surface area contributed by atoms with Crippen LogP contribution in [-0.2, 0) is 23.0 Å². The molecule has 0 spiro atoms. The minimum Gasteiger partial charge on any atom is -0.472 e. The first-order chi connectivity index (χ1) is 19.0. The molecule has 1 aromatic carbocycles. The number of imidazole rings is 1. The molecule has 1 fully saturated rings. The first-order valence-electron chi connectivity index (χ1n) is 12.7. The van der Waals surface area contributed by atoms with Crippen LogP contribution in [0.2, 0.25) is 0 Å². The Kier molecular flexibility index (Phi) is 7.47. The third-order valence-corrected chi connectivity index (χ3v) is 8.76. The number of halogens is 4. The number of anilines is 1. The first kappa shape index (κ1) is 28.2. The highest BCUT2D eigenvalue weighted by atomic mass is 79.9. The van der Waals surface area contributed by atoms with Crippen LogP contribution >= 0.6 is 15.9 Å². The molecule has 0 bridgehead atoms.